The van der Waals surface area contributed by atoms with Crippen molar-refractivity contribution in [2.75, 3.05) is 36.3 Å². The molecule has 1 aliphatic rings. The summed E-state index contributed by atoms with van der Waals surface area (Å²) in [5, 5.41) is 0. The predicted molar refractivity (Wildman–Crippen MR) is 131 cm³/mol. The number of methoxy groups -OCH3 is 1. The van der Waals surface area contributed by atoms with Crippen molar-refractivity contribution in [1.29, 1.82) is 0 Å². The Balaban J connectivity index is 1.57. The lowest BCUT2D eigenvalue weighted by molar-refractivity contribution is -0.0498. The maximum Gasteiger partial charge on any atom is 0.387 e. The minimum atomic E-state index is -3.24. The number of hydrogen-bond donors (Lipinski definition) is 0. The average Bonchev–Trinajstić information content (AvgIpc) is 2.85. The molecule has 10 heteroatoms. The number of sulfone groups is 1. The van der Waals surface area contributed by atoms with Crippen molar-refractivity contribution < 1.29 is 26.7 Å². The number of pyridine rings is 1. The van der Waals surface area contributed by atoms with Gasteiger partial charge in [0.15, 0.2) is 9.84 Å². The molecule has 1 saturated heterocycles. The molecule has 0 atom stereocenters. The van der Waals surface area contributed by atoms with Gasteiger partial charge >= 0.3 is 6.61 Å². The number of anilines is 3. The molecule has 0 unspecified atom stereocenters. The van der Waals surface area contributed by atoms with Gasteiger partial charge in [0.2, 0.25) is 0 Å². The average molecular weight is 504 g/mol. The number of halogens is 2. The molecular formula is C25H27F2N3O4S. The van der Waals surface area contributed by atoms with Crippen LogP contribution in [0.15, 0.2) is 71.9 Å². The highest BCUT2D eigenvalue weighted by Gasteiger charge is 2.28. The van der Waals surface area contributed by atoms with Crippen LogP contribution in [0.5, 0.6) is 11.5 Å². The van der Waals surface area contributed by atoms with Crippen molar-refractivity contribution in [3.8, 4) is 11.5 Å². The van der Waals surface area contributed by atoms with Crippen LogP contribution in [-0.4, -0.2) is 52.5 Å². The molecule has 35 heavy (non-hydrogen) atoms. The Labute approximate surface area is 203 Å². The van der Waals surface area contributed by atoms with E-state index in [9.17, 15) is 17.2 Å². The molecule has 0 N–H and O–H groups in total. The zero-order valence-corrected chi connectivity index (χ0v) is 20.3. The fourth-order valence-corrected chi connectivity index (χ4v) is 4.98. The van der Waals surface area contributed by atoms with Crippen LogP contribution in [0.3, 0.4) is 0 Å². The van der Waals surface area contributed by atoms with Crippen molar-refractivity contribution in [3.63, 3.8) is 0 Å². The van der Waals surface area contributed by atoms with Gasteiger partial charge in [0.1, 0.15) is 17.2 Å². The molecule has 0 aliphatic carbocycles. The van der Waals surface area contributed by atoms with Crippen LogP contribution in [0.1, 0.15) is 12.8 Å². The number of alkyl halides is 2. The smallest absolute Gasteiger partial charge is 0.387 e. The van der Waals surface area contributed by atoms with E-state index < -0.39 is 16.4 Å². The Morgan fingerprint density at radius 2 is 1.69 bits per heavy atom. The molecule has 0 amide bonds. The maximum atomic E-state index is 12.6. The zero-order valence-electron chi connectivity index (χ0n) is 19.5. The van der Waals surface area contributed by atoms with E-state index in [0.29, 0.717) is 10.6 Å². The van der Waals surface area contributed by atoms with Crippen molar-refractivity contribution in [1.82, 2.24) is 4.98 Å². The van der Waals surface area contributed by atoms with Gasteiger partial charge in [-0.25, -0.2) is 8.42 Å². The second-order valence-corrected chi connectivity index (χ2v) is 10.3. The zero-order chi connectivity index (χ0) is 25.0. The normalized spacial score (nSPS) is 14.7. The third-order valence-corrected chi connectivity index (χ3v) is 7.17. The van der Waals surface area contributed by atoms with E-state index in [-0.39, 0.29) is 11.8 Å². The Kier molecular flexibility index (Phi) is 7.39. The maximum absolute atomic E-state index is 12.6. The van der Waals surface area contributed by atoms with Gasteiger partial charge in [-0.3, -0.25) is 4.98 Å². The van der Waals surface area contributed by atoms with Crippen molar-refractivity contribution in [2.45, 2.75) is 30.4 Å². The summed E-state index contributed by atoms with van der Waals surface area (Å²) in [6.07, 6.45) is 6.20. The van der Waals surface area contributed by atoms with Gasteiger partial charge in [0.05, 0.1) is 18.2 Å². The molecular weight excluding hydrogens is 476 g/mol. The summed E-state index contributed by atoms with van der Waals surface area (Å²) >= 11 is 0. The van der Waals surface area contributed by atoms with E-state index in [1.807, 2.05) is 12.1 Å². The first-order valence-electron chi connectivity index (χ1n) is 11.1. The molecule has 2 aromatic carbocycles. The van der Waals surface area contributed by atoms with Crippen LogP contribution in [-0.2, 0) is 9.84 Å². The quantitative estimate of drug-likeness (QED) is 0.433. The Bertz CT molecular complexity index is 1230. The first-order valence-corrected chi connectivity index (χ1v) is 13.0. The summed E-state index contributed by atoms with van der Waals surface area (Å²) in [6.45, 7) is -1.37. The van der Waals surface area contributed by atoms with Gasteiger partial charge in [-0.15, -0.1) is 0 Å². The van der Waals surface area contributed by atoms with Gasteiger partial charge < -0.3 is 19.3 Å². The van der Waals surface area contributed by atoms with Gasteiger partial charge in [0.25, 0.3) is 0 Å². The van der Waals surface area contributed by atoms with Crippen molar-refractivity contribution >= 4 is 26.9 Å². The highest BCUT2D eigenvalue weighted by Crippen LogP contribution is 2.38. The third kappa shape index (κ3) is 5.82. The second kappa shape index (κ2) is 10.5. The largest absolute Gasteiger partial charge is 0.494 e. The molecule has 1 fully saturated rings. The fourth-order valence-electron chi connectivity index (χ4n) is 4.35. The summed E-state index contributed by atoms with van der Waals surface area (Å²) in [6, 6.07) is 15.4. The van der Waals surface area contributed by atoms with Crippen LogP contribution in [0.2, 0.25) is 0 Å². The van der Waals surface area contributed by atoms with Crippen LogP contribution in [0, 0.1) is 0 Å². The van der Waals surface area contributed by atoms with Crippen molar-refractivity contribution in [3.05, 3.63) is 67.0 Å². The lowest BCUT2D eigenvalue weighted by Gasteiger charge is -2.41. The van der Waals surface area contributed by atoms with Crippen LogP contribution < -0.4 is 19.3 Å². The van der Waals surface area contributed by atoms with E-state index in [1.54, 1.807) is 49.8 Å². The molecule has 0 radical (unpaired) electrons. The Hall–Kier alpha value is -3.40. The number of nitrogens with zero attached hydrogens (tertiary/aromatic N) is 3. The van der Waals surface area contributed by atoms with Crippen LogP contribution in [0.4, 0.5) is 25.8 Å². The lowest BCUT2D eigenvalue weighted by Crippen LogP contribution is -2.43. The molecule has 0 saturated carbocycles. The Morgan fingerprint density at radius 1 is 1.03 bits per heavy atom. The van der Waals surface area contributed by atoms with E-state index >= 15 is 0 Å². The second-order valence-electron chi connectivity index (χ2n) is 8.27. The van der Waals surface area contributed by atoms with Gasteiger partial charge in [-0.2, -0.15) is 8.78 Å². The van der Waals surface area contributed by atoms with Crippen LogP contribution >= 0.6 is 0 Å². The molecule has 1 aromatic heterocycles. The van der Waals surface area contributed by atoms with Gasteiger partial charge in [-0.05, 0) is 61.4 Å². The fraction of sp³-hybridized carbons (Fsp3) is 0.320. The predicted octanol–water partition coefficient (Wildman–Crippen LogP) is 4.90. The first-order chi connectivity index (χ1) is 16.8. The molecule has 0 bridgehead atoms. The number of ether oxygens (including phenoxy) is 2. The van der Waals surface area contributed by atoms with E-state index in [1.165, 1.54) is 18.4 Å². The van der Waals surface area contributed by atoms with Crippen molar-refractivity contribution in [2.24, 2.45) is 0 Å². The topological polar surface area (TPSA) is 72.0 Å². The molecule has 1 aliphatic heterocycles. The summed E-state index contributed by atoms with van der Waals surface area (Å²) in [4.78, 5) is 8.92. The van der Waals surface area contributed by atoms with Gasteiger partial charge in [-0.1, -0.05) is 0 Å². The molecule has 3 aromatic rings. The lowest BCUT2D eigenvalue weighted by atomic mass is 10.0. The SMILES string of the molecule is COc1ccncc1N(c1ccc(OC(F)F)cc1)C1CCN(c2ccc(S(C)(=O)=O)cc2)CC1. The summed E-state index contributed by atoms with van der Waals surface area (Å²) in [5.74, 6) is 0.751. The van der Waals surface area contributed by atoms with E-state index in [4.69, 9.17) is 4.74 Å². The number of rotatable bonds is 8. The number of hydrogen-bond acceptors (Lipinski definition) is 7. The number of piperidine rings is 1. The van der Waals surface area contributed by atoms with Gasteiger partial charge in [0, 0.05) is 49.0 Å². The molecule has 186 valence electrons. The highest BCUT2D eigenvalue weighted by atomic mass is 32.2. The Morgan fingerprint density at radius 3 is 2.26 bits per heavy atom. The molecule has 2 heterocycles. The number of benzene rings is 2. The summed E-state index contributed by atoms with van der Waals surface area (Å²) < 4.78 is 58.8. The minimum absolute atomic E-state index is 0.0919. The highest BCUT2D eigenvalue weighted by molar-refractivity contribution is 7.90. The summed E-state index contributed by atoms with van der Waals surface area (Å²) in [5.41, 5.74) is 2.57. The third-order valence-electron chi connectivity index (χ3n) is 6.04. The molecule has 0 spiro atoms. The molecule has 7 nitrogen and oxygen atoms in total. The standard InChI is InChI=1S/C25H27F2N3O4S/c1-33-24-11-14-28-17-23(24)30(19-3-7-21(8-4-19)34-25(26)27)20-12-15-29(16-13-20)18-5-9-22(10-6-18)35(2,31)32/h3-11,14,17,20,25H,12-13,15-16H2,1-2H3. The van der Waals surface area contributed by atoms with E-state index in [0.717, 1.165) is 43.0 Å². The number of aromatic nitrogens is 1. The summed E-state index contributed by atoms with van der Waals surface area (Å²) in [7, 11) is -1.65. The monoisotopic (exact) mass is 503 g/mol. The van der Waals surface area contributed by atoms with Crippen LogP contribution in [0.25, 0.3) is 0 Å². The minimum Gasteiger partial charge on any atom is -0.494 e. The van der Waals surface area contributed by atoms with E-state index in [2.05, 4.69) is 19.5 Å². The first kappa shape index (κ1) is 24.7. The molecule has 4 rings (SSSR count).